The Bertz CT molecular complexity index is 2090. The second-order valence-corrected chi connectivity index (χ2v) is 19.1. The molecule has 2 aromatic heterocycles. The van der Waals surface area contributed by atoms with Crippen molar-refractivity contribution in [1.29, 1.82) is 0 Å². The predicted octanol–water partition coefficient (Wildman–Crippen LogP) is 4.63. The van der Waals surface area contributed by atoms with Gasteiger partial charge in [0.15, 0.2) is 0 Å². The first kappa shape index (κ1) is 42.0. The second kappa shape index (κ2) is 17.5. The molecule has 0 bridgehead atoms. The van der Waals surface area contributed by atoms with E-state index in [2.05, 4.69) is 34.3 Å². The average molecular weight is 807 g/mol. The van der Waals surface area contributed by atoms with Crippen LogP contribution in [0.3, 0.4) is 0 Å². The number of aromatic nitrogens is 2. The maximum atomic E-state index is 13.0. The number of nitrogens with one attached hydrogen (secondary N) is 4. The first-order valence-corrected chi connectivity index (χ1v) is 22.2. The number of rotatable bonds is 16. The fourth-order valence-corrected chi connectivity index (χ4v) is 10.4. The molecule has 6 rings (SSSR count). The smallest absolute Gasteiger partial charge is 0.272 e. The van der Waals surface area contributed by atoms with E-state index in [-0.39, 0.29) is 47.5 Å². The number of aromatic hydroxyl groups is 1. The third kappa shape index (κ3) is 9.92. The number of carbonyl (C=O) groups is 4. The quantitative estimate of drug-likeness (QED) is 0.113. The molecule has 6 N–H and O–H groups in total. The number of aliphatic hydroxyl groups excluding tert-OH is 1. The van der Waals surface area contributed by atoms with E-state index < -0.39 is 27.6 Å². The van der Waals surface area contributed by atoms with Crippen LogP contribution in [0.5, 0.6) is 5.75 Å². The highest BCUT2D eigenvalue weighted by molar-refractivity contribution is 7.90. The Morgan fingerprint density at radius 2 is 1.54 bits per heavy atom. The molecule has 0 spiro atoms. The highest BCUT2D eigenvalue weighted by Crippen LogP contribution is 2.62. The lowest BCUT2D eigenvalue weighted by molar-refractivity contribution is -0.120. The van der Waals surface area contributed by atoms with Crippen LogP contribution in [0, 0.1) is 23.2 Å². The third-order valence-electron chi connectivity index (χ3n) is 12.8. The Hall–Kier alpha value is -4.63. The van der Waals surface area contributed by atoms with Crippen molar-refractivity contribution >= 4 is 44.8 Å². The Morgan fingerprint density at radius 1 is 0.860 bits per heavy atom. The molecule has 0 unspecified atom stereocenters. The normalized spacial score (nSPS) is 23.8. The molecule has 3 aromatic rings. The van der Waals surface area contributed by atoms with E-state index in [0.29, 0.717) is 47.3 Å². The van der Waals surface area contributed by atoms with Crippen LogP contribution in [0.4, 0.5) is 11.4 Å². The van der Waals surface area contributed by atoms with Crippen molar-refractivity contribution in [2.24, 2.45) is 37.3 Å². The SMILES string of the molecule is Cn1cc(NC(=O)c2cc(NC(=O)CCS(C)(=O)=O)cn2C)cc1C(=O)NCC(=O)NCCCCCC[C@@H]1Cc2cc(O)ccc2[C@H]2CC[C@]3(C)[C@@H](O)CC[C@H]3[C@H]12. The number of benzene rings is 1. The van der Waals surface area contributed by atoms with Gasteiger partial charge in [0.25, 0.3) is 11.8 Å². The molecule has 6 atom stereocenters. The van der Waals surface area contributed by atoms with E-state index in [1.165, 1.54) is 34.0 Å². The summed E-state index contributed by atoms with van der Waals surface area (Å²) in [4.78, 5) is 50.6. The molecule has 310 valence electrons. The first-order valence-electron chi connectivity index (χ1n) is 20.2. The van der Waals surface area contributed by atoms with Gasteiger partial charge in [0.2, 0.25) is 11.8 Å². The molecule has 2 heterocycles. The van der Waals surface area contributed by atoms with E-state index >= 15 is 0 Å². The molecular formula is C42H58N6O8S. The van der Waals surface area contributed by atoms with Gasteiger partial charge in [0.1, 0.15) is 27.0 Å². The molecule has 2 fully saturated rings. The minimum Gasteiger partial charge on any atom is -0.508 e. The summed E-state index contributed by atoms with van der Waals surface area (Å²) in [5.41, 5.74) is 3.86. The maximum absolute atomic E-state index is 13.0. The molecule has 0 saturated heterocycles. The summed E-state index contributed by atoms with van der Waals surface area (Å²) in [6.45, 7) is 2.63. The summed E-state index contributed by atoms with van der Waals surface area (Å²) in [5, 5.41) is 32.1. The van der Waals surface area contributed by atoms with Crippen LogP contribution in [-0.4, -0.2) is 82.6 Å². The monoisotopic (exact) mass is 806 g/mol. The zero-order chi connectivity index (χ0) is 41.1. The number of unbranched alkanes of at least 4 members (excludes halogenated alkanes) is 3. The Balaban J connectivity index is 0.902. The Labute approximate surface area is 335 Å². The first-order chi connectivity index (χ1) is 27.0. The van der Waals surface area contributed by atoms with Gasteiger partial charge in [0, 0.05) is 45.7 Å². The molecular weight excluding hydrogens is 749 g/mol. The van der Waals surface area contributed by atoms with Gasteiger partial charge in [-0.1, -0.05) is 32.3 Å². The molecule has 0 radical (unpaired) electrons. The summed E-state index contributed by atoms with van der Waals surface area (Å²) in [6, 6.07) is 8.89. The summed E-state index contributed by atoms with van der Waals surface area (Å²) >= 11 is 0. The van der Waals surface area contributed by atoms with Gasteiger partial charge in [-0.15, -0.1) is 0 Å². The number of anilines is 2. The zero-order valence-electron chi connectivity index (χ0n) is 33.5. The summed E-state index contributed by atoms with van der Waals surface area (Å²) < 4.78 is 25.8. The molecule has 14 nitrogen and oxygen atoms in total. The van der Waals surface area contributed by atoms with Crippen LogP contribution in [-0.2, 0) is 39.9 Å². The maximum Gasteiger partial charge on any atom is 0.272 e. The van der Waals surface area contributed by atoms with Crippen LogP contribution in [0.15, 0.2) is 42.7 Å². The standard InChI is InChI=1S/C42H58N6O8S/c1-42-16-14-32-31-11-10-30(49)20-27(31)19-26(39(32)33(42)12-13-36(42)50)9-7-5-6-8-17-43-38(52)23-44-40(53)34-22-29(25-47(34)2)46-41(54)35-21-28(24-48(35)3)45-37(51)15-18-57(4,55)56/h10-11,20-22,24-26,32-33,36,39,49-50H,5-9,12-19,23H2,1-4H3,(H,43,52)(H,44,53)(H,45,51)(H,46,54)/t26-,32-,33+,36+,39-,42+/m1/s1. The van der Waals surface area contributed by atoms with Gasteiger partial charge >= 0.3 is 0 Å². The molecule has 3 aliphatic rings. The Kier molecular flexibility index (Phi) is 12.9. The number of phenols is 1. The number of nitrogens with zero attached hydrogens (tertiary/aromatic N) is 2. The molecule has 4 amide bonds. The van der Waals surface area contributed by atoms with Crippen molar-refractivity contribution in [2.75, 3.05) is 35.7 Å². The average Bonchev–Trinajstić information content (AvgIpc) is 3.81. The van der Waals surface area contributed by atoms with Gasteiger partial charge in [-0.2, -0.15) is 0 Å². The fourth-order valence-electron chi connectivity index (χ4n) is 9.87. The second-order valence-electron chi connectivity index (χ2n) is 16.8. The zero-order valence-corrected chi connectivity index (χ0v) is 34.3. The lowest BCUT2D eigenvalue weighted by Gasteiger charge is -2.53. The number of fused-ring (bicyclic) bond motifs is 5. The van der Waals surface area contributed by atoms with Crippen molar-refractivity contribution < 1.29 is 37.8 Å². The number of aliphatic hydroxyl groups is 1. The topological polar surface area (TPSA) is 201 Å². The van der Waals surface area contributed by atoms with E-state index in [0.717, 1.165) is 70.5 Å². The molecule has 1 aromatic carbocycles. The third-order valence-corrected chi connectivity index (χ3v) is 13.7. The largest absolute Gasteiger partial charge is 0.508 e. The lowest BCUT2D eigenvalue weighted by Crippen LogP contribution is -2.47. The van der Waals surface area contributed by atoms with Crippen molar-refractivity contribution in [1.82, 2.24) is 19.8 Å². The molecule has 57 heavy (non-hydrogen) atoms. The molecule has 3 aliphatic carbocycles. The van der Waals surface area contributed by atoms with Crippen molar-refractivity contribution in [3.05, 3.63) is 65.2 Å². The van der Waals surface area contributed by atoms with Gasteiger partial charge in [0.05, 0.1) is 29.8 Å². The van der Waals surface area contributed by atoms with Gasteiger partial charge in [-0.3, -0.25) is 19.2 Å². The van der Waals surface area contributed by atoms with Crippen molar-refractivity contribution in [2.45, 2.75) is 89.6 Å². The molecule has 15 heteroatoms. The van der Waals surface area contributed by atoms with Crippen LogP contribution in [0.2, 0.25) is 0 Å². The number of aryl methyl sites for hydroxylation is 2. The van der Waals surface area contributed by atoms with Crippen LogP contribution >= 0.6 is 0 Å². The molecule has 2 saturated carbocycles. The molecule has 0 aliphatic heterocycles. The Morgan fingerprint density at radius 3 is 2.26 bits per heavy atom. The van der Waals surface area contributed by atoms with E-state index in [1.54, 1.807) is 24.9 Å². The minimum atomic E-state index is -3.29. The van der Waals surface area contributed by atoms with Crippen molar-refractivity contribution in [3.8, 4) is 5.75 Å². The number of hydrogen-bond acceptors (Lipinski definition) is 8. The van der Waals surface area contributed by atoms with Gasteiger partial charge in [-0.05, 0) is 109 Å². The highest BCUT2D eigenvalue weighted by Gasteiger charge is 2.56. The number of amides is 4. The highest BCUT2D eigenvalue weighted by atomic mass is 32.2. The number of carbonyl (C=O) groups excluding carboxylic acids is 4. The van der Waals surface area contributed by atoms with Gasteiger partial charge in [-0.25, -0.2) is 8.42 Å². The number of hydrogen-bond donors (Lipinski definition) is 6. The van der Waals surface area contributed by atoms with Crippen molar-refractivity contribution in [3.63, 3.8) is 0 Å². The van der Waals surface area contributed by atoms with Gasteiger partial charge < -0.3 is 40.6 Å². The van der Waals surface area contributed by atoms with E-state index in [1.807, 2.05) is 12.1 Å². The lowest BCUT2D eigenvalue weighted by atomic mass is 9.52. The summed E-state index contributed by atoms with van der Waals surface area (Å²) in [7, 11) is -0.0110. The summed E-state index contributed by atoms with van der Waals surface area (Å²) in [5.74, 6) is 0.417. The van der Waals surface area contributed by atoms with E-state index in [4.69, 9.17) is 0 Å². The minimum absolute atomic E-state index is 0.00239. The number of sulfone groups is 1. The van der Waals surface area contributed by atoms with Crippen LogP contribution < -0.4 is 21.3 Å². The predicted molar refractivity (Wildman–Crippen MR) is 218 cm³/mol. The van der Waals surface area contributed by atoms with E-state index in [9.17, 15) is 37.8 Å². The number of phenolic OH excluding ortho intramolecular Hbond substituents is 1. The van der Waals surface area contributed by atoms with Crippen LogP contribution in [0.1, 0.15) is 109 Å². The van der Waals surface area contributed by atoms with Crippen LogP contribution in [0.25, 0.3) is 0 Å². The summed E-state index contributed by atoms with van der Waals surface area (Å²) in [6.07, 6.45) is 13.9. The fraction of sp³-hybridized carbons (Fsp3) is 0.571.